The van der Waals surface area contributed by atoms with Crippen molar-refractivity contribution in [3.8, 4) is 5.75 Å². The normalized spacial score (nSPS) is 12.7. The molecule has 1 heterocycles. The maximum Gasteiger partial charge on any atom is 0.193 e. The van der Waals surface area contributed by atoms with Crippen molar-refractivity contribution in [2.75, 3.05) is 34.9 Å². The van der Waals surface area contributed by atoms with Crippen LogP contribution in [0.4, 0.5) is 0 Å². The second-order valence-electron chi connectivity index (χ2n) is 6.09. The Morgan fingerprint density at radius 3 is 2.81 bits per heavy atom. The predicted octanol–water partition coefficient (Wildman–Crippen LogP) is 3.76. The third-order valence-electron chi connectivity index (χ3n) is 4.18. The zero-order chi connectivity index (χ0) is 19.8. The Morgan fingerprint density at radius 1 is 1.41 bits per heavy atom. The molecular weight excluding hydrogens is 384 g/mol. The molecule has 2 rings (SSSR count). The second-order valence-corrected chi connectivity index (χ2v) is 7.39. The third-order valence-corrected chi connectivity index (χ3v) is 5.59. The van der Waals surface area contributed by atoms with E-state index in [1.54, 1.807) is 32.6 Å². The van der Waals surface area contributed by atoms with Crippen molar-refractivity contribution in [3.63, 3.8) is 0 Å². The molecule has 27 heavy (non-hydrogen) atoms. The number of hydrogen-bond acceptors (Lipinski definition) is 5. The van der Waals surface area contributed by atoms with Crippen molar-refractivity contribution >= 4 is 28.9 Å². The van der Waals surface area contributed by atoms with Gasteiger partial charge in [0, 0.05) is 38.2 Å². The molecule has 0 bridgehead atoms. The van der Waals surface area contributed by atoms with E-state index in [9.17, 15) is 0 Å². The molecule has 8 heteroatoms. The van der Waals surface area contributed by atoms with E-state index in [1.165, 1.54) is 0 Å². The van der Waals surface area contributed by atoms with Crippen LogP contribution in [0.5, 0.6) is 5.75 Å². The summed E-state index contributed by atoms with van der Waals surface area (Å²) in [5, 5.41) is 7.13. The number of ether oxygens (including phenoxy) is 2. The molecule has 1 atom stereocenters. The Bertz CT molecular complexity index is 766. The molecule has 0 aliphatic heterocycles. The monoisotopic (exact) mass is 410 g/mol. The number of aliphatic imine (C=N–C) groups is 1. The summed E-state index contributed by atoms with van der Waals surface area (Å²) in [6.45, 7) is 3.40. The first-order valence-electron chi connectivity index (χ1n) is 8.69. The Labute approximate surface area is 170 Å². The third kappa shape index (κ3) is 6.09. The van der Waals surface area contributed by atoms with Crippen molar-refractivity contribution in [1.82, 2.24) is 15.2 Å². The van der Waals surface area contributed by atoms with Gasteiger partial charge < -0.3 is 19.7 Å². The van der Waals surface area contributed by atoms with E-state index in [-0.39, 0.29) is 6.10 Å². The van der Waals surface area contributed by atoms with Gasteiger partial charge in [0.25, 0.3) is 0 Å². The Hall–Kier alpha value is -1.83. The number of hydrogen-bond donors (Lipinski definition) is 1. The van der Waals surface area contributed by atoms with Crippen LogP contribution in [0.3, 0.4) is 0 Å². The van der Waals surface area contributed by atoms with Crippen molar-refractivity contribution in [1.29, 1.82) is 0 Å². The molecule has 0 fully saturated rings. The van der Waals surface area contributed by atoms with Crippen LogP contribution in [-0.4, -0.2) is 50.7 Å². The summed E-state index contributed by atoms with van der Waals surface area (Å²) in [5.74, 6) is 1.58. The van der Waals surface area contributed by atoms with Gasteiger partial charge in [-0.05, 0) is 31.0 Å². The summed E-state index contributed by atoms with van der Waals surface area (Å²) < 4.78 is 10.5. The first-order valence-corrected chi connectivity index (χ1v) is 9.95. The lowest BCUT2D eigenvalue weighted by Crippen LogP contribution is -2.39. The van der Waals surface area contributed by atoms with E-state index in [2.05, 4.69) is 20.7 Å². The van der Waals surface area contributed by atoms with Gasteiger partial charge in [0.15, 0.2) is 5.96 Å². The summed E-state index contributed by atoms with van der Waals surface area (Å²) in [6.07, 6.45) is 0.808. The van der Waals surface area contributed by atoms with Crippen LogP contribution >= 0.6 is 22.9 Å². The van der Waals surface area contributed by atoms with E-state index >= 15 is 0 Å². The molecule has 1 aromatic heterocycles. The molecule has 0 amide bonds. The van der Waals surface area contributed by atoms with Gasteiger partial charge in [-0.15, -0.1) is 11.3 Å². The first kappa shape index (κ1) is 21.5. The molecule has 1 unspecified atom stereocenters. The highest BCUT2D eigenvalue weighted by molar-refractivity contribution is 7.09. The fourth-order valence-corrected chi connectivity index (χ4v) is 3.66. The highest BCUT2D eigenvalue weighted by Gasteiger charge is 2.13. The van der Waals surface area contributed by atoms with E-state index in [4.69, 9.17) is 21.1 Å². The van der Waals surface area contributed by atoms with Crippen LogP contribution in [0, 0.1) is 0 Å². The summed E-state index contributed by atoms with van der Waals surface area (Å²) in [4.78, 5) is 11.0. The summed E-state index contributed by atoms with van der Waals surface area (Å²) in [6, 6.07) is 5.74. The van der Waals surface area contributed by atoms with E-state index in [0.29, 0.717) is 11.6 Å². The van der Waals surface area contributed by atoms with Gasteiger partial charge in [0.2, 0.25) is 0 Å². The van der Waals surface area contributed by atoms with Gasteiger partial charge in [-0.3, -0.25) is 4.99 Å². The predicted molar refractivity (Wildman–Crippen MR) is 112 cm³/mol. The minimum atomic E-state index is 0.0146. The van der Waals surface area contributed by atoms with Crippen molar-refractivity contribution in [3.05, 3.63) is 44.9 Å². The number of nitrogens with zero attached hydrogens (tertiary/aromatic N) is 3. The van der Waals surface area contributed by atoms with Crippen LogP contribution < -0.4 is 10.1 Å². The van der Waals surface area contributed by atoms with Crippen molar-refractivity contribution in [2.24, 2.45) is 4.99 Å². The topological polar surface area (TPSA) is 59.0 Å². The molecule has 2 aromatic rings. The fourth-order valence-electron chi connectivity index (χ4n) is 2.55. The van der Waals surface area contributed by atoms with Crippen molar-refractivity contribution in [2.45, 2.75) is 26.0 Å². The number of benzene rings is 1. The number of methoxy groups -OCH3 is 2. The Kier molecular flexibility index (Phi) is 8.34. The zero-order valence-electron chi connectivity index (χ0n) is 16.5. The molecule has 0 saturated heterocycles. The summed E-state index contributed by atoms with van der Waals surface area (Å²) in [5.41, 5.74) is 2.07. The standard InChI is InChI=1S/C19H27ClN4O2S/c1-13(25-4)18-23-15(12-27-18)11-24(3)19(21-2)22-9-8-14-6-7-16(26-5)10-17(14)20/h6-7,10,12-13H,8-9,11H2,1-5H3,(H,21,22). The number of rotatable bonds is 8. The van der Waals surface area contributed by atoms with Crippen LogP contribution in [0.2, 0.25) is 5.02 Å². The molecule has 6 nitrogen and oxygen atoms in total. The number of halogens is 1. The summed E-state index contributed by atoms with van der Waals surface area (Å²) in [7, 11) is 7.10. The average molecular weight is 411 g/mol. The number of aromatic nitrogens is 1. The molecule has 148 valence electrons. The molecule has 0 saturated carbocycles. The lowest BCUT2D eigenvalue weighted by atomic mass is 10.1. The van der Waals surface area contributed by atoms with Gasteiger partial charge in [-0.1, -0.05) is 17.7 Å². The lowest BCUT2D eigenvalue weighted by Gasteiger charge is -2.21. The number of guanidine groups is 1. The second kappa shape index (κ2) is 10.5. The average Bonchev–Trinajstić information content (AvgIpc) is 3.13. The molecule has 1 aromatic carbocycles. The van der Waals surface area contributed by atoms with Crippen LogP contribution in [-0.2, 0) is 17.7 Å². The van der Waals surface area contributed by atoms with Gasteiger partial charge in [-0.2, -0.15) is 0 Å². The largest absolute Gasteiger partial charge is 0.497 e. The molecule has 0 spiro atoms. The molecule has 0 aliphatic carbocycles. The van der Waals surface area contributed by atoms with Gasteiger partial charge in [0.1, 0.15) is 16.9 Å². The zero-order valence-corrected chi connectivity index (χ0v) is 18.0. The molecule has 0 aliphatic rings. The highest BCUT2D eigenvalue weighted by atomic mass is 35.5. The van der Waals surface area contributed by atoms with E-state index in [1.807, 2.05) is 37.1 Å². The minimum absolute atomic E-state index is 0.0146. The van der Waals surface area contributed by atoms with E-state index < -0.39 is 0 Å². The van der Waals surface area contributed by atoms with Crippen LogP contribution in [0.1, 0.15) is 29.3 Å². The van der Waals surface area contributed by atoms with Crippen molar-refractivity contribution < 1.29 is 9.47 Å². The Morgan fingerprint density at radius 2 is 2.19 bits per heavy atom. The maximum absolute atomic E-state index is 6.30. The number of thiazole rings is 1. The van der Waals surface area contributed by atoms with Crippen LogP contribution in [0.15, 0.2) is 28.6 Å². The minimum Gasteiger partial charge on any atom is -0.497 e. The van der Waals surface area contributed by atoms with Gasteiger partial charge in [-0.25, -0.2) is 4.98 Å². The lowest BCUT2D eigenvalue weighted by molar-refractivity contribution is 0.119. The fraction of sp³-hybridized carbons (Fsp3) is 0.474. The maximum atomic E-state index is 6.30. The quantitative estimate of drug-likeness (QED) is 0.530. The Balaban J connectivity index is 1.88. The molecule has 1 N–H and O–H groups in total. The number of nitrogens with one attached hydrogen (secondary N) is 1. The van der Waals surface area contributed by atoms with Crippen LogP contribution in [0.25, 0.3) is 0 Å². The summed E-state index contributed by atoms with van der Waals surface area (Å²) >= 11 is 7.92. The van der Waals surface area contributed by atoms with E-state index in [0.717, 1.165) is 40.9 Å². The molecular formula is C19H27ClN4O2S. The SMILES string of the molecule is CN=C(NCCc1ccc(OC)cc1Cl)N(C)Cc1csc(C(C)OC)n1. The first-order chi connectivity index (χ1) is 13.0. The highest BCUT2D eigenvalue weighted by Crippen LogP contribution is 2.23. The van der Waals surface area contributed by atoms with Gasteiger partial charge >= 0.3 is 0 Å². The van der Waals surface area contributed by atoms with Gasteiger partial charge in [0.05, 0.1) is 19.3 Å². The smallest absolute Gasteiger partial charge is 0.193 e. The molecule has 0 radical (unpaired) electrons.